The fourth-order valence-corrected chi connectivity index (χ4v) is 6.74. The first-order valence-corrected chi connectivity index (χ1v) is 13.5. The van der Waals surface area contributed by atoms with Crippen molar-refractivity contribution in [1.82, 2.24) is 20.1 Å². The number of aromatic nitrogens is 3. The number of pyridine rings is 1. The molecule has 1 amide bonds. The lowest BCUT2D eigenvalue weighted by molar-refractivity contribution is 0.0941. The number of rotatable bonds is 5. The molecule has 170 valence electrons. The van der Waals surface area contributed by atoms with Crippen LogP contribution >= 0.6 is 11.3 Å². The molecule has 1 aliphatic heterocycles. The Morgan fingerprint density at radius 1 is 1.21 bits per heavy atom. The van der Waals surface area contributed by atoms with Crippen molar-refractivity contribution in [3.8, 4) is 10.6 Å². The molecule has 33 heavy (non-hydrogen) atoms. The average Bonchev–Trinajstić information content (AvgIpc) is 3.53. The molecule has 4 aromatic rings. The predicted molar refractivity (Wildman–Crippen MR) is 130 cm³/mol. The van der Waals surface area contributed by atoms with Crippen LogP contribution in [0.3, 0.4) is 0 Å². The molecular weight excluding hydrogens is 456 g/mol. The van der Waals surface area contributed by atoms with E-state index < -0.39 is 9.84 Å². The highest BCUT2D eigenvalue weighted by Crippen LogP contribution is 2.33. The highest BCUT2D eigenvalue weighted by Gasteiger charge is 2.32. The highest BCUT2D eigenvalue weighted by molar-refractivity contribution is 7.91. The monoisotopic (exact) mass is 480 g/mol. The van der Waals surface area contributed by atoms with Gasteiger partial charge < -0.3 is 5.32 Å². The third kappa shape index (κ3) is 4.18. The van der Waals surface area contributed by atoms with Crippen LogP contribution in [0.25, 0.3) is 21.6 Å². The van der Waals surface area contributed by atoms with E-state index in [2.05, 4.69) is 10.4 Å². The van der Waals surface area contributed by atoms with E-state index in [1.807, 2.05) is 67.8 Å². The van der Waals surface area contributed by atoms with Crippen LogP contribution in [-0.2, 0) is 9.84 Å². The Morgan fingerprint density at radius 2 is 2.00 bits per heavy atom. The van der Waals surface area contributed by atoms with Crippen LogP contribution < -0.4 is 5.32 Å². The van der Waals surface area contributed by atoms with Crippen LogP contribution in [0.15, 0.2) is 53.9 Å². The number of carbonyl (C=O) groups is 1. The summed E-state index contributed by atoms with van der Waals surface area (Å²) < 4.78 is 25.9. The summed E-state index contributed by atoms with van der Waals surface area (Å²) in [5.41, 5.74) is 3.40. The lowest BCUT2D eigenvalue weighted by Gasteiger charge is -2.16. The maximum atomic E-state index is 13.5. The summed E-state index contributed by atoms with van der Waals surface area (Å²) in [4.78, 5) is 19.3. The summed E-state index contributed by atoms with van der Waals surface area (Å²) in [6, 6.07) is 15.0. The number of fused-ring (bicyclic) bond motifs is 1. The smallest absolute Gasteiger partial charge is 0.252 e. The molecule has 0 aliphatic carbocycles. The van der Waals surface area contributed by atoms with Crippen molar-refractivity contribution in [3.05, 3.63) is 70.7 Å². The summed E-state index contributed by atoms with van der Waals surface area (Å²) in [5, 5.41) is 10.4. The molecule has 7 nitrogen and oxygen atoms in total. The first kappa shape index (κ1) is 21.8. The van der Waals surface area contributed by atoms with E-state index in [0.29, 0.717) is 34.4 Å². The number of hydrogen-bond donors (Lipinski definition) is 1. The summed E-state index contributed by atoms with van der Waals surface area (Å²) in [5.74, 6) is -0.0241. The summed E-state index contributed by atoms with van der Waals surface area (Å²) in [7, 11) is -3.10. The molecule has 1 aromatic carbocycles. The molecule has 1 fully saturated rings. The van der Waals surface area contributed by atoms with Crippen LogP contribution in [-0.4, -0.2) is 40.6 Å². The van der Waals surface area contributed by atoms with Gasteiger partial charge in [-0.15, -0.1) is 11.3 Å². The lowest BCUT2D eigenvalue weighted by Crippen LogP contribution is -2.27. The van der Waals surface area contributed by atoms with Gasteiger partial charge in [0, 0.05) is 0 Å². The molecule has 0 spiro atoms. The number of amides is 1. The number of nitrogens with zero attached hydrogens (tertiary/aromatic N) is 3. The zero-order chi connectivity index (χ0) is 23.2. The summed E-state index contributed by atoms with van der Waals surface area (Å²) in [6.45, 7) is 3.79. The number of aryl methyl sites for hydroxylation is 1. The van der Waals surface area contributed by atoms with Crippen LogP contribution in [0.1, 0.15) is 47.0 Å². The van der Waals surface area contributed by atoms with Gasteiger partial charge in [-0.25, -0.2) is 18.1 Å². The second-order valence-electron chi connectivity index (χ2n) is 8.42. The van der Waals surface area contributed by atoms with E-state index >= 15 is 0 Å². The van der Waals surface area contributed by atoms with E-state index in [9.17, 15) is 13.2 Å². The molecule has 5 rings (SSSR count). The third-order valence-electron chi connectivity index (χ3n) is 6.06. The van der Waals surface area contributed by atoms with E-state index in [4.69, 9.17) is 4.98 Å². The minimum atomic E-state index is -3.10. The van der Waals surface area contributed by atoms with Crippen LogP contribution in [0.4, 0.5) is 0 Å². The molecule has 9 heteroatoms. The lowest BCUT2D eigenvalue weighted by atomic mass is 10.1. The quantitative estimate of drug-likeness (QED) is 0.459. The molecule has 2 atom stereocenters. The summed E-state index contributed by atoms with van der Waals surface area (Å²) in [6.07, 6.45) is 0.496. The van der Waals surface area contributed by atoms with Gasteiger partial charge in [-0.2, -0.15) is 5.10 Å². The van der Waals surface area contributed by atoms with Crippen molar-refractivity contribution in [3.63, 3.8) is 0 Å². The van der Waals surface area contributed by atoms with Gasteiger partial charge >= 0.3 is 0 Å². The van der Waals surface area contributed by atoms with Gasteiger partial charge in [-0.3, -0.25) is 4.79 Å². The Bertz CT molecular complexity index is 1430. The Balaban J connectivity index is 1.62. The van der Waals surface area contributed by atoms with Crippen LogP contribution in [0, 0.1) is 6.92 Å². The van der Waals surface area contributed by atoms with E-state index in [0.717, 1.165) is 10.4 Å². The maximum absolute atomic E-state index is 13.5. The molecule has 0 radical (unpaired) electrons. The topological polar surface area (TPSA) is 93.9 Å². The first-order chi connectivity index (χ1) is 15.8. The largest absolute Gasteiger partial charge is 0.345 e. The SMILES string of the molecule is Cc1nn([C@@H]2CCS(=O)(=O)C2)c2nc(-c3cccs3)cc(C(=O)N[C@H](C)c3ccccc3)c12. The van der Waals surface area contributed by atoms with Gasteiger partial charge in [-0.1, -0.05) is 36.4 Å². The number of nitrogens with one attached hydrogen (secondary N) is 1. The third-order valence-corrected chi connectivity index (χ3v) is 8.70. The number of benzene rings is 1. The second kappa shape index (κ2) is 8.39. The Labute approximate surface area is 196 Å². The average molecular weight is 481 g/mol. The van der Waals surface area contributed by atoms with Gasteiger partial charge in [0.1, 0.15) is 0 Å². The zero-order valence-corrected chi connectivity index (χ0v) is 20.0. The van der Waals surface area contributed by atoms with E-state index in [1.54, 1.807) is 16.0 Å². The maximum Gasteiger partial charge on any atom is 0.252 e. The van der Waals surface area contributed by atoms with Crippen molar-refractivity contribution in [1.29, 1.82) is 0 Å². The Kier molecular flexibility index (Phi) is 5.54. The van der Waals surface area contributed by atoms with Gasteiger partial charge in [0.25, 0.3) is 5.91 Å². The van der Waals surface area contributed by atoms with Crippen molar-refractivity contribution in [2.24, 2.45) is 0 Å². The summed E-state index contributed by atoms with van der Waals surface area (Å²) >= 11 is 1.54. The molecule has 3 aromatic heterocycles. The minimum absolute atomic E-state index is 0.0424. The zero-order valence-electron chi connectivity index (χ0n) is 18.4. The number of sulfone groups is 1. The highest BCUT2D eigenvalue weighted by atomic mass is 32.2. The van der Waals surface area contributed by atoms with Crippen molar-refractivity contribution >= 4 is 38.1 Å². The minimum Gasteiger partial charge on any atom is -0.345 e. The molecule has 4 heterocycles. The molecule has 1 aliphatic rings. The predicted octanol–water partition coefficient (Wildman–Crippen LogP) is 4.32. The van der Waals surface area contributed by atoms with Crippen molar-refractivity contribution in [2.45, 2.75) is 32.4 Å². The number of carbonyl (C=O) groups excluding carboxylic acids is 1. The van der Waals surface area contributed by atoms with Crippen LogP contribution in [0.5, 0.6) is 0 Å². The van der Waals surface area contributed by atoms with E-state index in [1.165, 1.54) is 0 Å². The molecular formula is C24H24N4O3S2. The molecule has 0 unspecified atom stereocenters. The van der Waals surface area contributed by atoms with Gasteiger partial charge in [0.2, 0.25) is 0 Å². The molecule has 0 bridgehead atoms. The first-order valence-electron chi connectivity index (χ1n) is 10.8. The van der Waals surface area contributed by atoms with Gasteiger partial charge in [0.05, 0.1) is 50.8 Å². The Hall–Kier alpha value is -3.04. The Morgan fingerprint density at radius 3 is 2.67 bits per heavy atom. The molecule has 1 saturated heterocycles. The molecule has 0 saturated carbocycles. The van der Waals surface area contributed by atoms with Gasteiger partial charge in [-0.05, 0) is 43.3 Å². The normalized spacial score (nSPS) is 18.4. The fraction of sp³-hybridized carbons (Fsp3) is 0.292. The van der Waals surface area contributed by atoms with Crippen LogP contribution in [0.2, 0.25) is 0 Å². The number of thiophene rings is 1. The van der Waals surface area contributed by atoms with E-state index in [-0.39, 0.29) is 29.5 Å². The number of hydrogen-bond acceptors (Lipinski definition) is 6. The van der Waals surface area contributed by atoms with Crippen molar-refractivity contribution in [2.75, 3.05) is 11.5 Å². The molecule has 1 N–H and O–H groups in total. The van der Waals surface area contributed by atoms with Crippen molar-refractivity contribution < 1.29 is 13.2 Å². The standard InChI is InChI=1S/C24H24N4O3S2/c1-15(17-7-4-3-5-8-17)25-24(29)19-13-20(21-9-6-11-32-21)26-23-22(19)16(2)27-28(23)18-10-12-33(30,31)14-18/h3-9,11,13,15,18H,10,12,14H2,1-2H3,(H,25,29)/t15-,18-/m1/s1. The second-order valence-corrected chi connectivity index (χ2v) is 11.6. The fourth-order valence-electron chi connectivity index (χ4n) is 4.36. The van der Waals surface area contributed by atoms with Gasteiger partial charge in [0.15, 0.2) is 15.5 Å².